The Bertz CT molecular complexity index is 333. The zero-order valence-electron chi connectivity index (χ0n) is 9.66. The summed E-state index contributed by atoms with van der Waals surface area (Å²) < 4.78 is 4.81. The Kier molecular flexibility index (Phi) is 4.75. The third-order valence-corrected chi connectivity index (χ3v) is 2.23. The van der Waals surface area contributed by atoms with Gasteiger partial charge in [-0.05, 0) is 36.1 Å². The lowest BCUT2D eigenvalue weighted by Gasteiger charge is -1.97. The van der Waals surface area contributed by atoms with Gasteiger partial charge in [-0.2, -0.15) is 0 Å². The van der Waals surface area contributed by atoms with E-state index in [4.69, 9.17) is 4.42 Å². The first-order chi connectivity index (χ1) is 7.24. The normalized spacial score (nSPS) is 9.87. The fourth-order valence-corrected chi connectivity index (χ4v) is 1.20. The van der Waals surface area contributed by atoms with Gasteiger partial charge in [0.05, 0.1) is 12.5 Å². The lowest BCUT2D eigenvalue weighted by molar-refractivity contribution is 0.564. The van der Waals surface area contributed by atoms with Crippen LogP contribution in [0.5, 0.6) is 0 Å². The second-order valence-electron chi connectivity index (χ2n) is 3.77. The third kappa shape index (κ3) is 4.07. The monoisotopic (exact) mass is 205 g/mol. The predicted molar refractivity (Wildman–Crippen MR) is 63.0 cm³/mol. The largest absolute Gasteiger partial charge is 0.472 e. The molecular weight excluding hydrogens is 186 g/mol. The first-order valence-corrected chi connectivity index (χ1v) is 5.38. The molecule has 0 saturated carbocycles. The second-order valence-corrected chi connectivity index (χ2v) is 3.77. The van der Waals surface area contributed by atoms with Crippen LogP contribution in [-0.2, 0) is 6.42 Å². The topological polar surface area (TPSA) is 28.9 Å². The van der Waals surface area contributed by atoms with Crippen molar-refractivity contribution in [1.29, 1.82) is 0 Å². The molecule has 82 valence electrons. The van der Waals surface area contributed by atoms with Crippen molar-refractivity contribution in [2.45, 2.75) is 33.1 Å². The number of hydrogen-bond acceptors (Lipinski definition) is 1. The van der Waals surface area contributed by atoms with Crippen LogP contribution in [0.25, 0.3) is 0 Å². The Balaban J connectivity index is 0.000000151. The zero-order chi connectivity index (χ0) is 11.1. The smallest absolute Gasteiger partial charge is 0.0934 e. The van der Waals surface area contributed by atoms with Crippen molar-refractivity contribution in [3.8, 4) is 0 Å². The van der Waals surface area contributed by atoms with Crippen LogP contribution in [0.2, 0.25) is 0 Å². The molecule has 0 aromatic carbocycles. The van der Waals surface area contributed by atoms with Gasteiger partial charge >= 0.3 is 0 Å². The molecule has 0 saturated heterocycles. The van der Waals surface area contributed by atoms with Gasteiger partial charge in [0.2, 0.25) is 0 Å². The molecule has 2 aromatic rings. The number of rotatable bonds is 2. The highest BCUT2D eigenvalue weighted by Gasteiger charge is 1.94. The molecule has 0 unspecified atom stereocenters. The first kappa shape index (κ1) is 11.6. The van der Waals surface area contributed by atoms with Gasteiger partial charge in [0.1, 0.15) is 0 Å². The lowest BCUT2D eigenvalue weighted by Crippen LogP contribution is -1.83. The molecular formula is C13H19NO. The van der Waals surface area contributed by atoms with E-state index in [0.717, 1.165) is 6.42 Å². The number of hydrogen-bond donors (Lipinski definition) is 1. The van der Waals surface area contributed by atoms with E-state index in [-0.39, 0.29) is 0 Å². The summed E-state index contributed by atoms with van der Waals surface area (Å²) in [6.45, 7) is 6.45. The van der Waals surface area contributed by atoms with Gasteiger partial charge in [-0.1, -0.05) is 20.8 Å². The Morgan fingerprint density at radius 1 is 1.33 bits per heavy atom. The van der Waals surface area contributed by atoms with Crippen molar-refractivity contribution in [1.82, 2.24) is 4.98 Å². The number of aryl methyl sites for hydroxylation is 1. The number of aromatic amines is 1. The summed E-state index contributed by atoms with van der Waals surface area (Å²) in [6, 6.07) is 6.10. The lowest BCUT2D eigenvalue weighted by atomic mass is 10.1. The minimum Gasteiger partial charge on any atom is -0.472 e. The van der Waals surface area contributed by atoms with Crippen LogP contribution in [0.3, 0.4) is 0 Å². The van der Waals surface area contributed by atoms with Crippen molar-refractivity contribution in [2.75, 3.05) is 0 Å². The van der Waals surface area contributed by atoms with Crippen LogP contribution in [0.1, 0.15) is 37.9 Å². The average Bonchev–Trinajstić information content (AvgIpc) is 2.92. The molecule has 0 amide bonds. The van der Waals surface area contributed by atoms with E-state index in [2.05, 4.69) is 31.8 Å². The van der Waals surface area contributed by atoms with Crippen LogP contribution in [-0.4, -0.2) is 4.98 Å². The second kappa shape index (κ2) is 6.12. The third-order valence-electron chi connectivity index (χ3n) is 2.23. The summed E-state index contributed by atoms with van der Waals surface area (Å²) in [5, 5.41) is 0. The summed E-state index contributed by atoms with van der Waals surface area (Å²) in [6.07, 6.45) is 6.48. The molecule has 0 aliphatic rings. The standard InChI is InChI=1S/C7H11N.C6H8O/c1-6(2)7-4-3-5-8-7;1-2-6-3-4-7-5-6/h3-6,8H,1-2H3;3-5H,2H2,1H3. The van der Waals surface area contributed by atoms with E-state index in [1.807, 2.05) is 18.3 Å². The van der Waals surface area contributed by atoms with Crippen LogP contribution in [0.15, 0.2) is 41.3 Å². The van der Waals surface area contributed by atoms with Gasteiger partial charge in [0, 0.05) is 11.9 Å². The van der Waals surface area contributed by atoms with Crippen LogP contribution < -0.4 is 0 Å². The summed E-state index contributed by atoms with van der Waals surface area (Å²) in [5.41, 5.74) is 2.57. The van der Waals surface area contributed by atoms with E-state index >= 15 is 0 Å². The maximum atomic E-state index is 4.81. The molecule has 1 N–H and O–H groups in total. The maximum absolute atomic E-state index is 4.81. The van der Waals surface area contributed by atoms with Crippen molar-refractivity contribution in [2.24, 2.45) is 0 Å². The zero-order valence-corrected chi connectivity index (χ0v) is 9.66. The van der Waals surface area contributed by atoms with Crippen molar-refractivity contribution in [3.63, 3.8) is 0 Å². The van der Waals surface area contributed by atoms with Crippen molar-refractivity contribution >= 4 is 0 Å². The number of aromatic nitrogens is 1. The molecule has 2 nitrogen and oxygen atoms in total. The SMILES string of the molecule is CC(C)c1ccc[nH]1.CCc1ccoc1. The number of H-pyrrole nitrogens is 1. The predicted octanol–water partition coefficient (Wildman–Crippen LogP) is 3.98. The molecule has 2 aromatic heterocycles. The van der Waals surface area contributed by atoms with Crippen LogP contribution in [0.4, 0.5) is 0 Å². The Hall–Kier alpha value is -1.44. The van der Waals surface area contributed by atoms with Crippen molar-refractivity contribution in [3.05, 3.63) is 48.2 Å². The molecule has 0 radical (unpaired) electrons. The summed E-state index contributed by atoms with van der Waals surface area (Å²) in [4.78, 5) is 3.14. The fourth-order valence-electron chi connectivity index (χ4n) is 1.20. The van der Waals surface area contributed by atoms with Crippen molar-refractivity contribution < 1.29 is 4.42 Å². The molecule has 0 spiro atoms. The molecule has 0 fully saturated rings. The number of furan rings is 1. The molecule has 0 bridgehead atoms. The molecule has 2 heteroatoms. The first-order valence-electron chi connectivity index (χ1n) is 5.38. The van der Waals surface area contributed by atoms with E-state index in [9.17, 15) is 0 Å². The van der Waals surface area contributed by atoms with Gasteiger partial charge in [0.15, 0.2) is 0 Å². The fraction of sp³-hybridized carbons (Fsp3) is 0.385. The Labute approximate surface area is 91.3 Å². The molecule has 2 heterocycles. The minimum absolute atomic E-state index is 0.630. The molecule has 15 heavy (non-hydrogen) atoms. The van der Waals surface area contributed by atoms with Gasteiger partial charge in [-0.25, -0.2) is 0 Å². The van der Waals surface area contributed by atoms with Gasteiger partial charge < -0.3 is 9.40 Å². The van der Waals surface area contributed by atoms with E-state index in [0.29, 0.717) is 5.92 Å². The summed E-state index contributed by atoms with van der Waals surface area (Å²) >= 11 is 0. The maximum Gasteiger partial charge on any atom is 0.0934 e. The molecule has 0 aliphatic carbocycles. The van der Waals surface area contributed by atoms with E-state index in [1.165, 1.54) is 11.3 Å². The highest BCUT2D eigenvalue weighted by atomic mass is 16.3. The number of nitrogens with one attached hydrogen (secondary N) is 1. The van der Waals surface area contributed by atoms with Crippen LogP contribution in [0, 0.1) is 0 Å². The Morgan fingerprint density at radius 3 is 2.40 bits per heavy atom. The van der Waals surface area contributed by atoms with E-state index in [1.54, 1.807) is 12.5 Å². The average molecular weight is 205 g/mol. The Morgan fingerprint density at radius 2 is 2.13 bits per heavy atom. The van der Waals surface area contributed by atoms with Crippen LogP contribution >= 0.6 is 0 Å². The van der Waals surface area contributed by atoms with Gasteiger partial charge in [0.25, 0.3) is 0 Å². The summed E-state index contributed by atoms with van der Waals surface area (Å²) in [5.74, 6) is 0.630. The van der Waals surface area contributed by atoms with Gasteiger partial charge in [-0.3, -0.25) is 0 Å². The minimum atomic E-state index is 0.630. The van der Waals surface area contributed by atoms with E-state index < -0.39 is 0 Å². The van der Waals surface area contributed by atoms with Gasteiger partial charge in [-0.15, -0.1) is 0 Å². The highest BCUT2D eigenvalue weighted by molar-refractivity contribution is 5.07. The summed E-state index contributed by atoms with van der Waals surface area (Å²) in [7, 11) is 0. The quantitative estimate of drug-likeness (QED) is 0.789. The molecule has 2 rings (SSSR count). The highest BCUT2D eigenvalue weighted by Crippen LogP contribution is 2.09. The molecule has 0 aliphatic heterocycles. The molecule has 0 atom stereocenters.